The van der Waals surface area contributed by atoms with Crippen molar-refractivity contribution >= 4 is 18.1 Å². The number of carbonyl (C=O) groups excluding carboxylic acids is 2. The summed E-state index contributed by atoms with van der Waals surface area (Å²) < 4.78 is 42.8. The second kappa shape index (κ2) is 5.78. The first kappa shape index (κ1) is 17.2. The summed E-state index contributed by atoms with van der Waals surface area (Å²) in [6.07, 6.45) is -5.65. The number of hydrogen-bond acceptors (Lipinski definition) is 4. The maximum Gasteiger partial charge on any atom is 0.410 e. The number of likely N-dealkylation sites (tertiary alicyclic amines) is 1. The number of carboxylic acid groups (broad SMARTS) is 1. The lowest BCUT2D eigenvalue weighted by Gasteiger charge is -2.43. The summed E-state index contributed by atoms with van der Waals surface area (Å²) in [7, 11) is 1.17. The maximum absolute atomic E-state index is 12.8. The fourth-order valence-corrected chi connectivity index (χ4v) is 2.88. The molecule has 0 spiro atoms. The molecule has 8 nitrogen and oxygen atoms in total. The number of nitrogens with one attached hydrogen (secondary N) is 1. The van der Waals surface area contributed by atoms with Gasteiger partial charge in [0, 0.05) is 13.1 Å². The topological polar surface area (TPSA) is 99.2 Å². The number of carbonyl (C=O) groups is 3. The molecule has 0 aromatic heterocycles. The van der Waals surface area contributed by atoms with E-state index in [0.717, 1.165) is 0 Å². The number of ether oxygens (including phenoxy) is 1. The van der Waals surface area contributed by atoms with Gasteiger partial charge in [-0.1, -0.05) is 0 Å². The van der Waals surface area contributed by atoms with Crippen LogP contribution in [0.15, 0.2) is 0 Å². The Kier molecular flexibility index (Phi) is 4.31. The van der Waals surface area contributed by atoms with Gasteiger partial charge in [0.1, 0.15) is 11.6 Å². The van der Waals surface area contributed by atoms with E-state index in [1.54, 1.807) is 5.32 Å². The number of carboxylic acids is 1. The molecule has 2 saturated heterocycles. The number of nitrogens with zero attached hydrogens (tertiary/aromatic N) is 2. The highest BCUT2D eigenvalue weighted by atomic mass is 19.4. The first-order chi connectivity index (χ1) is 10.6. The van der Waals surface area contributed by atoms with Crippen LogP contribution < -0.4 is 5.32 Å². The van der Waals surface area contributed by atoms with E-state index in [1.165, 1.54) is 12.0 Å². The first-order valence-corrected chi connectivity index (χ1v) is 6.83. The Morgan fingerprint density at radius 3 is 2.30 bits per heavy atom. The fraction of sp³-hybridized carbons (Fsp3) is 0.750. The quantitative estimate of drug-likeness (QED) is 0.769. The normalized spacial score (nSPS) is 24.3. The van der Waals surface area contributed by atoms with Crippen molar-refractivity contribution in [2.24, 2.45) is 0 Å². The molecule has 11 heteroatoms. The van der Waals surface area contributed by atoms with E-state index in [9.17, 15) is 32.7 Å². The zero-order chi connectivity index (χ0) is 17.4. The highest BCUT2D eigenvalue weighted by Crippen LogP contribution is 2.34. The van der Waals surface area contributed by atoms with Gasteiger partial charge in [0.2, 0.25) is 0 Å². The summed E-state index contributed by atoms with van der Waals surface area (Å²) >= 11 is 0. The largest absolute Gasteiger partial charge is 0.479 e. The Labute approximate surface area is 129 Å². The number of amides is 3. The standard InChI is InChI=1S/C12H16F3N3O5/c1-23-10(22)17-4-2-11(3-5-17,8(19)20)18-6-7(12(13,14)15)16-9(18)21/h7H,2-6H2,1H3,(H,16,21)(H,19,20). The Balaban J connectivity index is 2.19. The van der Waals surface area contributed by atoms with Crippen LogP contribution in [0.1, 0.15) is 12.8 Å². The van der Waals surface area contributed by atoms with Gasteiger partial charge >= 0.3 is 24.3 Å². The minimum atomic E-state index is -4.66. The molecule has 1 atom stereocenters. The number of alkyl halides is 3. The molecule has 130 valence electrons. The van der Waals surface area contributed by atoms with E-state index in [2.05, 4.69) is 4.74 Å². The smallest absolute Gasteiger partial charge is 0.410 e. The van der Waals surface area contributed by atoms with Crippen LogP contribution in [-0.2, 0) is 9.53 Å². The van der Waals surface area contributed by atoms with Gasteiger partial charge in [-0.15, -0.1) is 0 Å². The zero-order valence-electron chi connectivity index (χ0n) is 12.2. The first-order valence-electron chi connectivity index (χ1n) is 6.83. The van der Waals surface area contributed by atoms with Crippen molar-refractivity contribution in [1.29, 1.82) is 0 Å². The van der Waals surface area contributed by atoms with Gasteiger partial charge in [-0.05, 0) is 12.8 Å². The number of piperidine rings is 1. The molecular weight excluding hydrogens is 323 g/mol. The van der Waals surface area contributed by atoms with Crippen LogP contribution >= 0.6 is 0 Å². The number of halogens is 3. The third-order valence-corrected chi connectivity index (χ3v) is 4.24. The van der Waals surface area contributed by atoms with E-state index in [4.69, 9.17) is 0 Å². The van der Waals surface area contributed by atoms with Crippen molar-refractivity contribution in [2.45, 2.75) is 30.6 Å². The lowest BCUT2D eigenvalue weighted by molar-refractivity contribution is -0.159. The molecule has 0 aliphatic carbocycles. The van der Waals surface area contributed by atoms with Crippen molar-refractivity contribution in [3.8, 4) is 0 Å². The van der Waals surface area contributed by atoms with Crippen LogP contribution in [0, 0.1) is 0 Å². The number of methoxy groups -OCH3 is 1. The van der Waals surface area contributed by atoms with Gasteiger partial charge in [0.15, 0.2) is 0 Å². The third-order valence-electron chi connectivity index (χ3n) is 4.24. The lowest BCUT2D eigenvalue weighted by atomic mass is 9.86. The van der Waals surface area contributed by atoms with Crippen molar-refractivity contribution < 1.29 is 37.4 Å². The molecule has 0 saturated carbocycles. The Morgan fingerprint density at radius 1 is 1.35 bits per heavy atom. The van der Waals surface area contributed by atoms with E-state index >= 15 is 0 Å². The summed E-state index contributed by atoms with van der Waals surface area (Å²) in [5.41, 5.74) is -1.77. The molecule has 2 N–H and O–H groups in total. The molecular formula is C12H16F3N3O5. The molecule has 2 aliphatic heterocycles. The van der Waals surface area contributed by atoms with Gasteiger partial charge < -0.3 is 25.0 Å². The van der Waals surface area contributed by atoms with Crippen LogP contribution in [0.25, 0.3) is 0 Å². The maximum atomic E-state index is 12.8. The Hall–Kier alpha value is -2.20. The predicted octanol–water partition coefficient (Wildman–Crippen LogP) is 0.628. The molecule has 0 aromatic carbocycles. The monoisotopic (exact) mass is 339 g/mol. The Bertz CT molecular complexity index is 517. The summed E-state index contributed by atoms with van der Waals surface area (Å²) in [6.45, 7) is -0.828. The fourth-order valence-electron chi connectivity index (χ4n) is 2.88. The summed E-state index contributed by atoms with van der Waals surface area (Å²) in [6, 6.07) is -3.17. The molecule has 2 rings (SSSR count). The van der Waals surface area contributed by atoms with Crippen molar-refractivity contribution in [1.82, 2.24) is 15.1 Å². The molecule has 23 heavy (non-hydrogen) atoms. The van der Waals surface area contributed by atoms with Crippen molar-refractivity contribution in [2.75, 3.05) is 26.7 Å². The number of rotatable bonds is 2. The van der Waals surface area contributed by atoms with Crippen molar-refractivity contribution in [3.63, 3.8) is 0 Å². The van der Waals surface area contributed by atoms with Gasteiger partial charge in [-0.2, -0.15) is 13.2 Å². The van der Waals surface area contributed by atoms with E-state index < -0.39 is 42.4 Å². The molecule has 1 unspecified atom stereocenters. The molecule has 0 radical (unpaired) electrons. The molecule has 3 amide bonds. The number of aliphatic carboxylic acids is 1. The predicted molar refractivity (Wildman–Crippen MR) is 68.7 cm³/mol. The minimum absolute atomic E-state index is 0.0283. The van der Waals surface area contributed by atoms with Crippen LogP contribution in [0.4, 0.5) is 22.8 Å². The average Bonchev–Trinajstić information content (AvgIpc) is 2.89. The highest BCUT2D eigenvalue weighted by molar-refractivity contribution is 5.88. The second-order valence-electron chi connectivity index (χ2n) is 5.45. The van der Waals surface area contributed by atoms with E-state index in [0.29, 0.717) is 4.90 Å². The zero-order valence-corrected chi connectivity index (χ0v) is 12.2. The molecule has 2 fully saturated rings. The van der Waals surface area contributed by atoms with Gasteiger partial charge in [0.25, 0.3) is 0 Å². The van der Waals surface area contributed by atoms with Crippen LogP contribution in [0.3, 0.4) is 0 Å². The molecule has 0 bridgehead atoms. The third kappa shape index (κ3) is 2.99. The molecule has 2 aliphatic rings. The van der Waals surface area contributed by atoms with E-state index in [1.807, 2.05) is 0 Å². The van der Waals surface area contributed by atoms with E-state index in [-0.39, 0.29) is 25.9 Å². The van der Waals surface area contributed by atoms with Crippen LogP contribution in [0.5, 0.6) is 0 Å². The lowest BCUT2D eigenvalue weighted by Crippen LogP contribution is -2.61. The minimum Gasteiger partial charge on any atom is -0.479 e. The summed E-state index contributed by atoms with van der Waals surface area (Å²) in [4.78, 5) is 36.9. The van der Waals surface area contributed by atoms with Crippen LogP contribution in [0.2, 0.25) is 0 Å². The summed E-state index contributed by atoms with van der Waals surface area (Å²) in [5.74, 6) is -1.39. The Morgan fingerprint density at radius 2 is 1.91 bits per heavy atom. The average molecular weight is 339 g/mol. The second-order valence-corrected chi connectivity index (χ2v) is 5.45. The van der Waals surface area contributed by atoms with Gasteiger partial charge in [-0.3, -0.25) is 0 Å². The van der Waals surface area contributed by atoms with Crippen molar-refractivity contribution in [3.05, 3.63) is 0 Å². The molecule has 0 aromatic rings. The summed E-state index contributed by atoms with van der Waals surface area (Å²) in [5, 5.41) is 11.3. The number of hydrogen-bond donors (Lipinski definition) is 2. The molecule has 2 heterocycles. The highest BCUT2D eigenvalue weighted by Gasteiger charge is 2.56. The van der Waals surface area contributed by atoms with Gasteiger partial charge in [0.05, 0.1) is 13.7 Å². The SMILES string of the molecule is COC(=O)N1CCC(C(=O)O)(N2CC(C(F)(F)F)NC2=O)CC1. The number of urea groups is 1. The van der Waals surface area contributed by atoms with Gasteiger partial charge in [-0.25, -0.2) is 14.4 Å². The van der Waals surface area contributed by atoms with Crippen LogP contribution in [-0.4, -0.2) is 77.5 Å².